The molecule has 28 heavy (non-hydrogen) atoms. The molecule has 0 unspecified atom stereocenters. The number of morpholine rings is 1. The van der Waals surface area contributed by atoms with Gasteiger partial charge in [-0.3, -0.25) is 14.5 Å². The predicted octanol–water partition coefficient (Wildman–Crippen LogP) is 2.65. The van der Waals surface area contributed by atoms with E-state index in [-0.39, 0.29) is 36.6 Å². The van der Waals surface area contributed by atoms with Gasteiger partial charge in [0.2, 0.25) is 11.8 Å². The lowest BCUT2D eigenvalue weighted by molar-refractivity contribution is -0.118. The number of carbonyl (C=O) groups is 2. The number of carbonyl (C=O) groups excluding carboxylic acids is 2. The average Bonchev–Trinajstić information content (AvgIpc) is 2.64. The van der Waals surface area contributed by atoms with Crippen LogP contribution >= 0.6 is 24.8 Å². The number of unbranched alkanes of at least 4 members (excludes halogenated alkanes) is 3. The van der Waals surface area contributed by atoms with Crippen LogP contribution in [-0.2, 0) is 14.3 Å². The van der Waals surface area contributed by atoms with Gasteiger partial charge in [-0.25, -0.2) is 0 Å². The number of benzene rings is 1. The quantitative estimate of drug-likeness (QED) is 0.491. The maximum Gasteiger partial charge on any atom is 0.238 e. The van der Waals surface area contributed by atoms with Crippen molar-refractivity contribution in [2.75, 3.05) is 50.0 Å². The molecular formula is C19H32Cl2N4O3. The van der Waals surface area contributed by atoms with Gasteiger partial charge in [-0.2, -0.15) is 0 Å². The van der Waals surface area contributed by atoms with Crippen LogP contribution in [0.15, 0.2) is 24.3 Å². The van der Waals surface area contributed by atoms with E-state index in [0.29, 0.717) is 32.7 Å². The van der Waals surface area contributed by atoms with Crippen molar-refractivity contribution in [1.29, 1.82) is 0 Å². The Morgan fingerprint density at radius 1 is 0.893 bits per heavy atom. The second-order valence-corrected chi connectivity index (χ2v) is 6.52. The van der Waals surface area contributed by atoms with E-state index in [9.17, 15) is 9.59 Å². The summed E-state index contributed by atoms with van der Waals surface area (Å²) in [4.78, 5) is 26.0. The summed E-state index contributed by atoms with van der Waals surface area (Å²) < 4.78 is 5.27. The first-order chi connectivity index (χ1) is 12.7. The maximum absolute atomic E-state index is 12.1. The lowest BCUT2D eigenvalue weighted by Gasteiger charge is -2.25. The van der Waals surface area contributed by atoms with Gasteiger partial charge in [-0.15, -0.1) is 24.8 Å². The highest BCUT2D eigenvalue weighted by Crippen LogP contribution is 2.14. The summed E-state index contributed by atoms with van der Waals surface area (Å²) in [6, 6.07) is 7.20. The SMILES string of the molecule is Cl.Cl.NCCCCCCC(=O)Nc1ccc(NC(=O)CN2CCOCC2)cc1. The third kappa shape index (κ3) is 10.8. The van der Waals surface area contributed by atoms with Crippen molar-refractivity contribution in [1.82, 2.24) is 4.90 Å². The Hall–Kier alpha value is -1.38. The standard InChI is InChI=1S/C19H30N4O3.2ClH/c20-10-4-2-1-3-5-18(24)21-16-6-8-17(9-7-16)22-19(25)15-23-11-13-26-14-12-23;;/h6-9H,1-5,10-15,20H2,(H,21,24)(H,22,25);2*1H. The molecule has 1 saturated heterocycles. The fraction of sp³-hybridized carbons (Fsp3) is 0.579. The van der Waals surface area contributed by atoms with Crippen LogP contribution in [0.25, 0.3) is 0 Å². The average molecular weight is 435 g/mol. The maximum atomic E-state index is 12.1. The van der Waals surface area contributed by atoms with Gasteiger partial charge in [0.25, 0.3) is 0 Å². The minimum Gasteiger partial charge on any atom is -0.379 e. The molecule has 4 N–H and O–H groups in total. The molecule has 2 amide bonds. The van der Waals surface area contributed by atoms with Crippen LogP contribution in [0.1, 0.15) is 32.1 Å². The summed E-state index contributed by atoms with van der Waals surface area (Å²) in [5.41, 5.74) is 6.91. The summed E-state index contributed by atoms with van der Waals surface area (Å²) in [6.45, 7) is 3.99. The van der Waals surface area contributed by atoms with Crippen LogP contribution < -0.4 is 16.4 Å². The third-order valence-corrected chi connectivity index (χ3v) is 4.28. The summed E-state index contributed by atoms with van der Waals surface area (Å²) >= 11 is 0. The van der Waals surface area contributed by atoms with E-state index in [1.165, 1.54) is 0 Å². The second-order valence-electron chi connectivity index (χ2n) is 6.52. The number of hydrogen-bond acceptors (Lipinski definition) is 5. The number of anilines is 2. The molecule has 1 aliphatic heterocycles. The topological polar surface area (TPSA) is 96.7 Å². The molecule has 7 nitrogen and oxygen atoms in total. The summed E-state index contributed by atoms with van der Waals surface area (Å²) in [5.74, 6) is -0.0250. The van der Waals surface area contributed by atoms with Gasteiger partial charge in [-0.05, 0) is 43.7 Å². The lowest BCUT2D eigenvalue weighted by atomic mass is 10.1. The molecule has 0 aliphatic carbocycles. The molecule has 160 valence electrons. The molecule has 0 radical (unpaired) electrons. The molecule has 0 atom stereocenters. The Morgan fingerprint density at radius 3 is 2.00 bits per heavy atom. The third-order valence-electron chi connectivity index (χ3n) is 4.28. The zero-order chi connectivity index (χ0) is 18.6. The van der Waals surface area contributed by atoms with Gasteiger partial charge >= 0.3 is 0 Å². The molecule has 0 spiro atoms. The predicted molar refractivity (Wildman–Crippen MR) is 118 cm³/mol. The highest BCUT2D eigenvalue weighted by molar-refractivity contribution is 5.93. The zero-order valence-corrected chi connectivity index (χ0v) is 17.8. The number of ether oxygens (including phenoxy) is 1. The van der Waals surface area contributed by atoms with Crippen molar-refractivity contribution in [3.05, 3.63) is 24.3 Å². The minimum atomic E-state index is -0.0406. The number of rotatable bonds is 10. The van der Waals surface area contributed by atoms with Gasteiger partial charge in [0, 0.05) is 30.9 Å². The molecule has 9 heteroatoms. The number of nitrogens with one attached hydrogen (secondary N) is 2. The van der Waals surface area contributed by atoms with Crippen LogP contribution in [0.3, 0.4) is 0 Å². The van der Waals surface area contributed by atoms with E-state index in [2.05, 4.69) is 15.5 Å². The van der Waals surface area contributed by atoms with Crippen LogP contribution in [-0.4, -0.2) is 56.1 Å². The number of halogens is 2. The van der Waals surface area contributed by atoms with Crippen LogP contribution in [0, 0.1) is 0 Å². The van der Waals surface area contributed by atoms with E-state index < -0.39 is 0 Å². The molecule has 1 aromatic rings. The molecule has 1 aliphatic rings. The zero-order valence-electron chi connectivity index (χ0n) is 16.2. The van der Waals surface area contributed by atoms with Gasteiger partial charge in [0.1, 0.15) is 0 Å². The highest BCUT2D eigenvalue weighted by atomic mass is 35.5. The summed E-state index contributed by atoms with van der Waals surface area (Å²) in [6.07, 6.45) is 4.51. The Balaban J connectivity index is 0.00000364. The van der Waals surface area contributed by atoms with Crippen molar-refractivity contribution in [3.63, 3.8) is 0 Å². The molecule has 1 aromatic carbocycles. The second kappa shape index (κ2) is 15.5. The smallest absolute Gasteiger partial charge is 0.238 e. The van der Waals surface area contributed by atoms with Crippen LogP contribution in [0.4, 0.5) is 11.4 Å². The molecule has 0 bridgehead atoms. The van der Waals surface area contributed by atoms with Crippen molar-refractivity contribution in [3.8, 4) is 0 Å². The van der Waals surface area contributed by atoms with Gasteiger partial charge in [0.15, 0.2) is 0 Å². The van der Waals surface area contributed by atoms with E-state index >= 15 is 0 Å². The largest absolute Gasteiger partial charge is 0.379 e. The lowest BCUT2D eigenvalue weighted by Crippen LogP contribution is -2.41. The van der Waals surface area contributed by atoms with E-state index in [1.807, 2.05) is 0 Å². The van der Waals surface area contributed by atoms with E-state index in [1.54, 1.807) is 24.3 Å². The summed E-state index contributed by atoms with van der Waals surface area (Å²) in [7, 11) is 0. The molecule has 0 aromatic heterocycles. The van der Waals surface area contributed by atoms with Gasteiger partial charge in [0.05, 0.1) is 19.8 Å². The Labute approximate surface area is 179 Å². The summed E-state index contributed by atoms with van der Waals surface area (Å²) in [5, 5.41) is 5.76. The van der Waals surface area contributed by atoms with Crippen molar-refractivity contribution in [2.24, 2.45) is 5.73 Å². The minimum absolute atomic E-state index is 0. The molecule has 0 saturated carbocycles. The first-order valence-corrected chi connectivity index (χ1v) is 9.37. The first-order valence-electron chi connectivity index (χ1n) is 9.37. The number of nitrogens with zero attached hydrogens (tertiary/aromatic N) is 1. The van der Waals surface area contributed by atoms with E-state index in [0.717, 1.165) is 50.1 Å². The van der Waals surface area contributed by atoms with Crippen LogP contribution in [0.2, 0.25) is 0 Å². The van der Waals surface area contributed by atoms with Crippen molar-refractivity contribution < 1.29 is 14.3 Å². The molecule has 2 rings (SSSR count). The van der Waals surface area contributed by atoms with Crippen molar-refractivity contribution in [2.45, 2.75) is 32.1 Å². The Bertz CT molecular complexity index is 567. The number of nitrogens with two attached hydrogens (primary N) is 1. The number of hydrogen-bond donors (Lipinski definition) is 3. The van der Waals surface area contributed by atoms with Gasteiger partial charge < -0.3 is 21.1 Å². The van der Waals surface area contributed by atoms with Gasteiger partial charge in [-0.1, -0.05) is 12.8 Å². The monoisotopic (exact) mass is 434 g/mol. The molecular weight excluding hydrogens is 403 g/mol. The van der Waals surface area contributed by atoms with Crippen LogP contribution in [0.5, 0.6) is 0 Å². The number of amides is 2. The fourth-order valence-electron chi connectivity index (χ4n) is 2.81. The Morgan fingerprint density at radius 2 is 1.43 bits per heavy atom. The van der Waals surface area contributed by atoms with Crippen molar-refractivity contribution >= 4 is 48.0 Å². The first kappa shape index (κ1) is 26.6. The normalized spacial score (nSPS) is 13.8. The van der Waals surface area contributed by atoms with E-state index in [4.69, 9.17) is 10.5 Å². The molecule has 1 fully saturated rings. The molecule has 1 heterocycles. The highest BCUT2D eigenvalue weighted by Gasteiger charge is 2.14. The fourth-order valence-corrected chi connectivity index (χ4v) is 2.81. The Kier molecular flexibility index (Phi) is 14.8.